The lowest BCUT2D eigenvalue weighted by Gasteiger charge is -2.38. The van der Waals surface area contributed by atoms with Gasteiger partial charge in [-0.15, -0.1) is 0 Å². The van der Waals surface area contributed by atoms with E-state index in [1.807, 2.05) is 31.2 Å². The minimum Gasteiger partial charge on any atom is -0.458 e. The molecule has 3 aromatic rings. The number of esters is 2. The Morgan fingerprint density at radius 1 is 0.926 bits per heavy atom. The predicted molar refractivity (Wildman–Crippen MR) is 100 cm³/mol. The molecular weight excluding hydrogens is 340 g/mol. The summed E-state index contributed by atoms with van der Waals surface area (Å²) in [4.78, 5) is 26.2. The number of carbonyl (C=O) groups excluding carboxylic acids is 2. The zero-order chi connectivity index (χ0) is 18.3. The van der Waals surface area contributed by atoms with Crippen LogP contribution in [0.4, 0.5) is 0 Å². The van der Waals surface area contributed by atoms with Crippen LogP contribution in [0.25, 0.3) is 21.5 Å². The standard InChI is InChI=1S/C23H18O4/c1-2-17-20-19(21(24)26-17)23(22(25)27-20)11-16-12-7-3-5-9-14(12)18(23)15-10-6-4-8-13(15)16/h3-10,17,19-20H,2,11H2,1H3/t17-,19+,20+,23-/m0/s1. The molecule has 2 fully saturated rings. The molecule has 0 amide bonds. The molecule has 0 radical (unpaired) electrons. The maximum Gasteiger partial charge on any atom is 0.318 e. The van der Waals surface area contributed by atoms with Crippen molar-refractivity contribution in [3.05, 3.63) is 59.7 Å². The number of carbonyl (C=O) groups is 2. The summed E-state index contributed by atoms with van der Waals surface area (Å²) in [5.41, 5.74) is 1.10. The highest BCUT2D eigenvalue weighted by Crippen LogP contribution is 2.57. The number of benzene rings is 3. The summed E-state index contributed by atoms with van der Waals surface area (Å²) in [7, 11) is 0. The topological polar surface area (TPSA) is 52.6 Å². The van der Waals surface area contributed by atoms with Crippen molar-refractivity contribution in [1.82, 2.24) is 0 Å². The van der Waals surface area contributed by atoms with Crippen molar-refractivity contribution in [2.45, 2.75) is 37.4 Å². The van der Waals surface area contributed by atoms with E-state index in [0.717, 1.165) is 32.7 Å². The summed E-state index contributed by atoms with van der Waals surface area (Å²) in [5.74, 6) is -1.14. The molecular formula is C23H18O4. The number of hydrogen-bond donors (Lipinski definition) is 0. The van der Waals surface area contributed by atoms with E-state index in [1.54, 1.807) is 0 Å². The van der Waals surface area contributed by atoms with Gasteiger partial charge in [-0.1, -0.05) is 55.5 Å². The van der Waals surface area contributed by atoms with Crippen molar-refractivity contribution in [2.24, 2.45) is 5.92 Å². The van der Waals surface area contributed by atoms with Gasteiger partial charge in [0.1, 0.15) is 17.4 Å². The smallest absolute Gasteiger partial charge is 0.318 e. The van der Waals surface area contributed by atoms with Gasteiger partial charge in [0, 0.05) is 0 Å². The van der Waals surface area contributed by atoms with Gasteiger partial charge in [-0.25, -0.2) is 0 Å². The highest BCUT2D eigenvalue weighted by atomic mass is 16.6. The fourth-order valence-corrected chi connectivity index (χ4v) is 5.63. The van der Waals surface area contributed by atoms with Crippen LogP contribution in [-0.4, -0.2) is 24.1 Å². The van der Waals surface area contributed by atoms with Crippen LogP contribution in [0.3, 0.4) is 0 Å². The molecule has 4 nitrogen and oxygen atoms in total. The van der Waals surface area contributed by atoms with Crippen LogP contribution in [0.5, 0.6) is 0 Å². The van der Waals surface area contributed by atoms with Crippen LogP contribution in [0.2, 0.25) is 0 Å². The third-order valence-corrected chi connectivity index (χ3v) is 6.70. The SMILES string of the molecule is CC[C@@H]1OC(=O)[C@H]2[C@@H]1OC(=O)[C@]21Cc2c3ccccc3c1c1ccccc21. The molecule has 2 saturated heterocycles. The third-order valence-electron chi connectivity index (χ3n) is 6.70. The van der Waals surface area contributed by atoms with Crippen molar-refractivity contribution in [1.29, 1.82) is 0 Å². The predicted octanol–water partition coefficient (Wildman–Crippen LogP) is 3.66. The third kappa shape index (κ3) is 1.61. The lowest BCUT2D eigenvalue weighted by molar-refractivity contribution is -0.156. The first-order valence-electron chi connectivity index (χ1n) is 9.51. The van der Waals surface area contributed by atoms with Crippen molar-refractivity contribution in [3.63, 3.8) is 0 Å². The zero-order valence-electron chi connectivity index (χ0n) is 14.9. The van der Waals surface area contributed by atoms with E-state index >= 15 is 0 Å². The molecule has 134 valence electrons. The summed E-state index contributed by atoms with van der Waals surface area (Å²) >= 11 is 0. The molecule has 0 unspecified atom stereocenters. The normalized spacial score (nSPS) is 30.9. The minimum absolute atomic E-state index is 0.274. The van der Waals surface area contributed by atoms with Gasteiger partial charge in [0.15, 0.2) is 6.10 Å². The minimum atomic E-state index is -0.969. The van der Waals surface area contributed by atoms with E-state index < -0.39 is 17.4 Å². The summed E-state index contributed by atoms with van der Waals surface area (Å²) < 4.78 is 11.4. The Hall–Kier alpha value is -2.88. The number of ether oxygens (including phenoxy) is 2. The van der Waals surface area contributed by atoms with Gasteiger partial charge >= 0.3 is 11.9 Å². The molecule has 4 aliphatic rings. The number of hydrogen-bond acceptors (Lipinski definition) is 4. The van der Waals surface area contributed by atoms with Crippen LogP contribution in [0, 0.1) is 5.92 Å². The first-order chi connectivity index (χ1) is 13.2. The Balaban J connectivity index is 1.74. The summed E-state index contributed by atoms with van der Waals surface area (Å²) in [6.45, 7) is 1.96. The quantitative estimate of drug-likeness (QED) is 0.492. The lowest BCUT2D eigenvalue weighted by atomic mass is 9.59. The van der Waals surface area contributed by atoms with Gasteiger partial charge in [-0.2, -0.15) is 0 Å². The van der Waals surface area contributed by atoms with E-state index in [2.05, 4.69) is 24.3 Å². The van der Waals surface area contributed by atoms with Crippen LogP contribution in [0.1, 0.15) is 24.5 Å². The molecule has 0 aromatic heterocycles. The molecule has 2 heterocycles. The maximum atomic E-state index is 13.3. The first kappa shape index (κ1) is 15.2. The molecule has 7 rings (SSSR count). The second-order valence-corrected chi connectivity index (χ2v) is 7.82. The Kier molecular flexibility index (Phi) is 2.75. The Labute approximate surface area is 156 Å². The fraction of sp³-hybridized carbons (Fsp3) is 0.304. The molecule has 4 heteroatoms. The van der Waals surface area contributed by atoms with Gasteiger partial charge in [0.2, 0.25) is 0 Å². The Bertz CT molecular complexity index is 1110. The van der Waals surface area contributed by atoms with Crippen molar-refractivity contribution < 1.29 is 19.1 Å². The highest BCUT2D eigenvalue weighted by molar-refractivity contribution is 6.14. The fourth-order valence-electron chi connectivity index (χ4n) is 5.63. The number of fused-ring (bicyclic) bond motifs is 1. The maximum absolute atomic E-state index is 13.3. The summed E-state index contributed by atoms with van der Waals surface area (Å²) in [5, 5.41) is 4.41. The number of rotatable bonds is 1. The average Bonchev–Trinajstić information content (AvgIpc) is 3.17. The zero-order valence-corrected chi connectivity index (χ0v) is 14.9. The molecule has 2 aliphatic heterocycles. The molecule has 0 saturated carbocycles. The van der Waals surface area contributed by atoms with E-state index in [1.165, 1.54) is 0 Å². The summed E-state index contributed by atoms with van der Waals surface area (Å²) in [6, 6.07) is 16.3. The Morgan fingerprint density at radius 2 is 1.52 bits per heavy atom. The van der Waals surface area contributed by atoms with Gasteiger partial charge in [0.05, 0.1) is 0 Å². The number of cyclic esters (lactones) is 1. The van der Waals surface area contributed by atoms with Gasteiger partial charge in [-0.05, 0) is 45.5 Å². The lowest BCUT2D eigenvalue weighted by Crippen LogP contribution is -2.46. The highest BCUT2D eigenvalue weighted by Gasteiger charge is 2.69. The van der Waals surface area contributed by atoms with E-state index in [0.29, 0.717) is 12.8 Å². The molecule has 4 atom stereocenters. The van der Waals surface area contributed by atoms with Gasteiger partial charge in [-0.3, -0.25) is 9.59 Å². The van der Waals surface area contributed by atoms with Gasteiger partial charge in [0.25, 0.3) is 0 Å². The molecule has 0 N–H and O–H groups in total. The summed E-state index contributed by atoms with van der Waals surface area (Å²) in [6.07, 6.45) is 0.321. The van der Waals surface area contributed by atoms with E-state index in [4.69, 9.17) is 9.47 Å². The molecule has 2 bridgehead atoms. The van der Waals surface area contributed by atoms with Crippen molar-refractivity contribution >= 4 is 33.5 Å². The molecule has 1 spiro atoms. The average molecular weight is 358 g/mol. The molecule has 2 aliphatic carbocycles. The Morgan fingerprint density at radius 3 is 2.11 bits per heavy atom. The first-order valence-corrected chi connectivity index (χ1v) is 9.51. The van der Waals surface area contributed by atoms with Crippen LogP contribution < -0.4 is 0 Å². The van der Waals surface area contributed by atoms with Crippen LogP contribution in [0.15, 0.2) is 48.5 Å². The molecule has 27 heavy (non-hydrogen) atoms. The largest absolute Gasteiger partial charge is 0.458 e. The molecule has 3 aromatic carbocycles. The van der Waals surface area contributed by atoms with E-state index in [-0.39, 0.29) is 18.0 Å². The van der Waals surface area contributed by atoms with Crippen molar-refractivity contribution in [3.8, 4) is 0 Å². The monoisotopic (exact) mass is 358 g/mol. The second-order valence-electron chi connectivity index (χ2n) is 7.82. The van der Waals surface area contributed by atoms with E-state index in [9.17, 15) is 9.59 Å². The second kappa shape index (κ2) is 4.89. The van der Waals surface area contributed by atoms with Gasteiger partial charge < -0.3 is 9.47 Å². The van der Waals surface area contributed by atoms with Crippen LogP contribution >= 0.6 is 0 Å². The van der Waals surface area contributed by atoms with Crippen LogP contribution in [-0.2, 0) is 30.9 Å². The van der Waals surface area contributed by atoms with Crippen molar-refractivity contribution in [2.75, 3.05) is 0 Å².